The van der Waals surface area contributed by atoms with Crippen molar-refractivity contribution in [1.29, 1.82) is 0 Å². The molecule has 162 valence electrons. The van der Waals surface area contributed by atoms with Gasteiger partial charge in [0.25, 0.3) is 5.91 Å². The standard InChI is InChI=1S/C23H31FN4O2/c1-26(2)17-18-30-22-6-4-3-5-21(22)23(29)25-11-12-27-13-15-28(16-14-27)20-9-7-19(24)8-10-20/h3-10H,11-18H2,1-2H3,(H,25,29). The summed E-state index contributed by atoms with van der Waals surface area (Å²) >= 11 is 0. The van der Waals surface area contributed by atoms with Gasteiger partial charge in [-0.1, -0.05) is 12.1 Å². The van der Waals surface area contributed by atoms with Gasteiger partial charge < -0.3 is 19.9 Å². The highest BCUT2D eigenvalue weighted by molar-refractivity contribution is 5.96. The molecule has 0 aromatic heterocycles. The summed E-state index contributed by atoms with van der Waals surface area (Å²) < 4.78 is 18.9. The third-order valence-electron chi connectivity index (χ3n) is 5.21. The van der Waals surface area contributed by atoms with Gasteiger partial charge in [-0.25, -0.2) is 4.39 Å². The third kappa shape index (κ3) is 6.43. The van der Waals surface area contributed by atoms with Crippen molar-refractivity contribution in [2.24, 2.45) is 0 Å². The van der Waals surface area contributed by atoms with E-state index in [4.69, 9.17) is 4.74 Å². The first kappa shape index (κ1) is 22.1. The number of carbonyl (C=O) groups excluding carboxylic acids is 1. The number of carbonyl (C=O) groups is 1. The fourth-order valence-corrected chi connectivity index (χ4v) is 3.42. The van der Waals surface area contributed by atoms with E-state index in [1.54, 1.807) is 6.07 Å². The average molecular weight is 415 g/mol. The second-order valence-corrected chi connectivity index (χ2v) is 7.71. The fraction of sp³-hybridized carbons (Fsp3) is 0.435. The molecule has 7 heteroatoms. The normalized spacial score (nSPS) is 14.7. The summed E-state index contributed by atoms with van der Waals surface area (Å²) in [5.74, 6) is 0.294. The molecule has 1 N–H and O–H groups in total. The monoisotopic (exact) mass is 414 g/mol. The summed E-state index contributed by atoms with van der Waals surface area (Å²) in [4.78, 5) is 19.2. The number of piperazine rings is 1. The molecule has 0 aliphatic carbocycles. The number of halogens is 1. The molecule has 30 heavy (non-hydrogen) atoms. The second kappa shape index (κ2) is 10.9. The van der Waals surface area contributed by atoms with E-state index in [0.717, 1.165) is 45.0 Å². The third-order valence-corrected chi connectivity index (χ3v) is 5.21. The highest BCUT2D eigenvalue weighted by Crippen LogP contribution is 2.18. The number of amides is 1. The molecule has 0 spiro atoms. The van der Waals surface area contributed by atoms with Crippen LogP contribution in [0, 0.1) is 5.82 Å². The zero-order chi connectivity index (χ0) is 21.3. The second-order valence-electron chi connectivity index (χ2n) is 7.71. The van der Waals surface area contributed by atoms with E-state index in [1.165, 1.54) is 12.1 Å². The Balaban J connectivity index is 1.41. The molecule has 0 unspecified atom stereocenters. The molecule has 2 aromatic rings. The number of anilines is 1. The number of benzene rings is 2. The number of nitrogens with one attached hydrogen (secondary N) is 1. The van der Waals surface area contributed by atoms with Crippen molar-refractivity contribution in [2.45, 2.75) is 0 Å². The predicted molar refractivity (Wildman–Crippen MR) is 118 cm³/mol. The van der Waals surface area contributed by atoms with Crippen molar-refractivity contribution in [2.75, 3.05) is 71.4 Å². The van der Waals surface area contributed by atoms with Gasteiger partial charge >= 0.3 is 0 Å². The van der Waals surface area contributed by atoms with Gasteiger partial charge in [-0.3, -0.25) is 9.69 Å². The molecule has 2 aromatic carbocycles. The largest absolute Gasteiger partial charge is 0.491 e. The molecule has 0 radical (unpaired) electrons. The molecule has 1 amide bonds. The summed E-state index contributed by atoms with van der Waals surface area (Å²) in [6.07, 6.45) is 0. The van der Waals surface area contributed by atoms with Crippen LogP contribution < -0.4 is 15.0 Å². The molecule has 0 bridgehead atoms. The minimum absolute atomic E-state index is 0.111. The first-order chi connectivity index (χ1) is 14.5. The number of hydrogen-bond acceptors (Lipinski definition) is 5. The van der Waals surface area contributed by atoms with Crippen molar-refractivity contribution >= 4 is 11.6 Å². The van der Waals surface area contributed by atoms with E-state index in [0.29, 0.717) is 24.5 Å². The van der Waals surface area contributed by atoms with Crippen molar-refractivity contribution < 1.29 is 13.9 Å². The van der Waals surface area contributed by atoms with Gasteiger partial charge in [0, 0.05) is 51.5 Å². The number of rotatable bonds is 9. The van der Waals surface area contributed by atoms with Crippen molar-refractivity contribution in [1.82, 2.24) is 15.1 Å². The molecular formula is C23H31FN4O2. The maximum Gasteiger partial charge on any atom is 0.255 e. The van der Waals surface area contributed by atoms with Crippen LogP contribution in [0.3, 0.4) is 0 Å². The Morgan fingerprint density at radius 3 is 2.47 bits per heavy atom. The van der Waals surface area contributed by atoms with Gasteiger partial charge in [-0.2, -0.15) is 0 Å². The number of likely N-dealkylation sites (N-methyl/N-ethyl adjacent to an activating group) is 1. The smallest absolute Gasteiger partial charge is 0.255 e. The Morgan fingerprint density at radius 2 is 1.77 bits per heavy atom. The molecular weight excluding hydrogens is 383 g/mol. The van der Waals surface area contributed by atoms with Crippen LogP contribution in [0.5, 0.6) is 5.75 Å². The zero-order valence-electron chi connectivity index (χ0n) is 17.8. The summed E-state index contributed by atoms with van der Waals surface area (Å²) in [5, 5.41) is 3.01. The Kier molecular flexibility index (Phi) is 8.04. The molecule has 1 saturated heterocycles. The van der Waals surface area contributed by atoms with Crippen LogP contribution in [0.25, 0.3) is 0 Å². The van der Waals surface area contributed by atoms with E-state index in [1.807, 2.05) is 49.3 Å². The minimum atomic E-state index is -0.210. The van der Waals surface area contributed by atoms with E-state index < -0.39 is 0 Å². The van der Waals surface area contributed by atoms with Crippen LogP contribution in [0.2, 0.25) is 0 Å². The SMILES string of the molecule is CN(C)CCOc1ccccc1C(=O)NCCN1CCN(c2ccc(F)cc2)CC1. The van der Waals surface area contributed by atoms with Crippen molar-refractivity contribution in [3.8, 4) is 5.75 Å². The molecule has 0 atom stereocenters. The van der Waals surface area contributed by atoms with Crippen molar-refractivity contribution in [3.05, 3.63) is 59.9 Å². The molecule has 1 aliphatic heterocycles. The zero-order valence-corrected chi connectivity index (χ0v) is 17.8. The average Bonchev–Trinajstić information content (AvgIpc) is 2.75. The van der Waals surface area contributed by atoms with Gasteiger partial charge in [0.1, 0.15) is 18.2 Å². The van der Waals surface area contributed by atoms with Crippen LogP contribution in [0.15, 0.2) is 48.5 Å². The Labute approximate surface area is 178 Å². The number of para-hydroxylation sites is 1. The van der Waals surface area contributed by atoms with Gasteiger partial charge in [0.2, 0.25) is 0 Å². The summed E-state index contributed by atoms with van der Waals surface area (Å²) in [6, 6.07) is 14.0. The lowest BCUT2D eigenvalue weighted by molar-refractivity contribution is 0.0943. The maximum atomic E-state index is 13.1. The van der Waals surface area contributed by atoms with Gasteiger partial charge in [-0.05, 0) is 50.5 Å². The topological polar surface area (TPSA) is 48.1 Å². The molecule has 1 fully saturated rings. The Morgan fingerprint density at radius 1 is 1.07 bits per heavy atom. The van der Waals surface area contributed by atoms with Crippen LogP contribution in [0.4, 0.5) is 10.1 Å². The molecule has 1 heterocycles. The predicted octanol–water partition coefficient (Wildman–Crippen LogP) is 2.32. The van der Waals surface area contributed by atoms with Crippen LogP contribution in [-0.2, 0) is 0 Å². The lowest BCUT2D eigenvalue weighted by Crippen LogP contribution is -2.48. The number of nitrogens with zero attached hydrogens (tertiary/aromatic N) is 3. The first-order valence-electron chi connectivity index (χ1n) is 10.4. The number of ether oxygens (including phenoxy) is 1. The van der Waals surface area contributed by atoms with Crippen LogP contribution >= 0.6 is 0 Å². The van der Waals surface area contributed by atoms with Gasteiger partial charge in [0.15, 0.2) is 0 Å². The Bertz CT molecular complexity index is 805. The maximum absolute atomic E-state index is 13.1. The minimum Gasteiger partial charge on any atom is -0.491 e. The first-order valence-corrected chi connectivity index (χ1v) is 10.4. The molecule has 6 nitrogen and oxygen atoms in total. The van der Waals surface area contributed by atoms with E-state index in [9.17, 15) is 9.18 Å². The highest BCUT2D eigenvalue weighted by Gasteiger charge is 2.18. The lowest BCUT2D eigenvalue weighted by atomic mass is 10.2. The van der Waals surface area contributed by atoms with Crippen LogP contribution in [0.1, 0.15) is 10.4 Å². The molecule has 1 aliphatic rings. The van der Waals surface area contributed by atoms with Crippen LogP contribution in [-0.4, -0.2) is 82.2 Å². The number of hydrogen-bond donors (Lipinski definition) is 1. The van der Waals surface area contributed by atoms with E-state index >= 15 is 0 Å². The van der Waals surface area contributed by atoms with Gasteiger partial charge in [0.05, 0.1) is 5.56 Å². The summed E-state index contributed by atoms with van der Waals surface area (Å²) in [6.45, 7) is 6.32. The molecule has 3 rings (SSSR count). The fourth-order valence-electron chi connectivity index (χ4n) is 3.42. The summed E-state index contributed by atoms with van der Waals surface area (Å²) in [5.41, 5.74) is 1.62. The van der Waals surface area contributed by atoms with E-state index in [2.05, 4.69) is 15.1 Å². The Hall–Kier alpha value is -2.64. The van der Waals surface area contributed by atoms with E-state index in [-0.39, 0.29) is 11.7 Å². The summed E-state index contributed by atoms with van der Waals surface area (Å²) in [7, 11) is 3.98. The highest BCUT2D eigenvalue weighted by atomic mass is 19.1. The lowest BCUT2D eigenvalue weighted by Gasteiger charge is -2.36. The van der Waals surface area contributed by atoms with Gasteiger partial charge in [-0.15, -0.1) is 0 Å². The quantitative estimate of drug-likeness (QED) is 0.683. The molecule has 0 saturated carbocycles. The van der Waals surface area contributed by atoms with Crippen molar-refractivity contribution in [3.63, 3.8) is 0 Å².